The van der Waals surface area contributed by atoms with Gasteiger partial charge < -0.3 is 4.90 Å². The molecular formula is C68H69N. The smallest absolute Gasteiger partial charge is 0.0536 e. The van der Waals surface area contributed by atoms with E-state index in [9.17, 15) is 0 Å². The van der Waals surface area contributed by atoms with E-state index in [2.05, 4.69) is 252 Å². The monoisotopic (exact) mass is 900 g/mol. The maximum Gasteiger partial charge on any atom is 0.0536 e. The first-order valence-corrected chi connectivity index (χ1v) is 24.7. The lowest BCUT2D eigenvalue weighted by Crippen LogP contribution is -2.29. The molecule has 1 nitrogen and oxygen atoms in total. The van der Waals surface area contributed by atoms with E-state index in [0.29, 0.717) is 0 Å². The molecule has 0 aromatic heterocycles. The van der Waals surface area contributed by atoms with Crippen LogP contribution in [0.2, 0.25) is 0 Å². The number of anilines is 3. The minimum atomic E-state index is 0.812. The largest absolute Gasteiger partial charge is 0.310 e. The topological polar surface area (TPSA) is 3.24 Å². The first-order chi connectivity index (χ1) is 33.9. The van der Waals surface area contributed by atoms with Crippen molar-refractivity contribution in [1.29, 1.82) is 0 Å². The van der Waals surface area contributed by atoms with Gasteiger partial charge in [0.25, 0.3) is 0 Å². The van der Waals surface area contributed by atoms with Gasteiger partial charge in [-0.2, -0.15) is 0 Å². The predicted molar refractivity (Wildman–Crippen MR) is 306 cm³/mol. The average molecular weight is 900 g/mol. The molecule has 0 bridgehead atoms. The number of nitrogens with zero attached hydrogens (tertiary/aromatic N) is 1. The van der Waals surface area contributed by atoms with Crippen molar-refractivity contribution in [2.45, 2.75) is 68.2 Å². The van der Waals surface area contributed by atoms with E-state index >= 15 is 0 Å². The van der Waals surface area contributed by atoms with Gasteiger partial charge in [0.05, 0.1) is 5.69 Å². The van der Waals surface area contributed by atoms with E-state index in [4.69, 9.17) is 0 Å². The van der Waals surface area contributed by atoms with Crippen molar-refractivity contribution in [3.8, 4) is 11.1 Å². The molecule has 0 heterocycles. The van der Waals surface area contributed by atoms with Crippen LogP contribution in [0.4, 0.5) is 17.1 Å². The maximum atomic E-state index is 4.20. The van der Waals surface area contributed by atoms with E-state index in [-0.39, 0.29) is 0 Å². The molecular weight excluding hydrogens is 831 g/mol. The molecule has 0 N–H and O–H groups in total. The fraction of sp³-hybridized carbons (Fsp3) is 0.147. The van der Waals surface area contributed by atoms with Crippen molar-refractivity contribution in [3.63, 3.8) is 0 Å². The Hall–Kier alpha value is -7.74. The molecule has 0 fully saturated rings. The molecule has 1 heteroatoms. The van der Waals surface area contributed by atoms with Gasteiger partial charge in [-0.3, -0.25) is 0 Å². The summed E-state index contributed by atoms with van der Waals surface area (Å²) in [7, 11) is 0. The average Bonchev–Trinajstić information content (AvgIpc) is 3.40. The fourth-order valence-corrected chi connectivity index (χ4v) is 9.24. The number of hydrogen-bond donors (Lipinski definition) is 0. The van der Waals surface area contributed by atoms with Gasteiger partial charge in [-0.15, -0.1) is 0 Å². The minimum absolute atomic E-state index is 0.812. The van der Waals surface area contributed by atoms with Crippen molar-refractivity contribution in [2.24, 2.45) is 0 Å². The van der Waals surface area contributed by atoms with Crippen LogP contribution >= 0.6 is 0 Å². The predicted octanol–water partition coefficient (Wildman–Crippen LogP) is 18.2. The molecule has 1 aliphatic rings. The standard InChI is InChI=1S/C64H57N.2C2H6/c1-7-10-30-55-46(4)27-24-37-62(55)65(53-42-38-51(39-43-53)57-32-17-12-11-16-31-56(50-28-14-13-15-29-50)58-33-20-21-34-59(57)58)54-44-40-52(41-45-54)64-48(6)26-19-18-25-47(5)63(49(8-2)9-3)60-35-22-23-36-61(60)64;2*1-2/h7-30,33-45H,1-2,31-32H2,3-6H3;2*1-2H3/b16-11-,17-12-,19-18?,25-18?,26-19?,30-10-,47-25?,48-26?,49-9+,58-56+,59-57+,63-47?,63-60?,64-48?,64-61?;;. The van der Waals surface area contributed by atoms with E-state index in [1.807, 2.05) is 45.9 Å². The second-order valence-electron chi connectivity index (χ2n) is 16.5. The normalized spacial score (nSPS) is 14.7. The Bertz CT molecular complexity index is 3190. The van der Waals surface area contributed by atoms with Crippen LogP contribution in [0, 0.1) is 20.8 Å². The van der Waals surface area contributed by atoms with Crippen LogP contribution in [0.15, 0.2) is 232 Å². The Morgan fingerprint density at radius 2 is 0.986 bits per heavy atom. The number of hydrogen-bond acceptors (Lipinski definition) is 1. The third kappa shape index (κ3) is 11.7. The summed E-state index contributed by atoms with van der Waals surface area (Å²) in [5.41, 5.74) is 17.7. The lowest BCUT2D eigenvalue weighted by Gasteiger charge is -2.28. The molecule has 8 rings (SSSR count). The number of rotatable bonds is 10. The summed E-state index contributed by atoms with van der Waals surface area (Å²) < 4.78 is 0. The molecule has 1 aliphatic carbocycles. The van der Waals surface area contributed by atoms with Crippen molar-refractivity contribution < 1.29 is 0 Å². The molecule has 0 unspecified atom stereocenters. The summed E-state index contributed by atoms with van der Waals surface area (Å²) in [4.78, 5) is 2.39. The zero-order valence-corrected chi connectivity index (χ0v) is 42.1. The van der Waals surface area contributed by atoms with E-state index in [0.717, 1.165) is 46.6 Å². The van der Waals surface area contributed by atoms with Crippen molar-refractivity contribution in [3.05, 3.63) is 281 Å². The Morgan fingerprint density at radius 1 is 0.493 bits per heavy atom. The molecule has 346 valence electrons. The summed E-state index contributed by atoms with van der Waals surface area (Å²) >= 11 is 0. The Labute approximate surface area is 413 Å². The highest BCUT2D eigenvalue weighted by Gasteiger charge is 2.19. The summed E-state index contributed by atoms with van der Waals surface area (Å²) in [6, 6.07) is 62.0. The van der Waals surface area contributed by atoms with Crippen LogP contribution in [0.3, 0.4) is 0 Å². The number of allylic oxidation sites excluding steroid dienone is 9. The fourth-order valence-electron chi connectivity index (χ4n) is 9.24. The van der Waals surface area contributed by atoms with Gasteiger partial charge in [0.15, 0.2) is 0 Å². The Balaban J connectivity index is 0.00000191. The van der Waals surface area contributed by atoms with Crippen LogP contribution in [-0.2, 0) is 0 Å². The quantitative estimate of drug-likeness (QED) is 0.124. The molecule has 0 amide bonds. The first kappa shape index (κ1) is 50.7. The van der Waals surface area contributed by atoms with Crippen LogP contribution in [0.1, 0.15) is 86.4 Å². The number of aryl methyl sites for hydroxylation is 3. The highest BCUT2D eigenvalue weighted by molar-refractivity contribution is 6.04. The maximum absolute atomic E-state index is 4.20. The second kappa shape index (κ2) is 25.4. The second-order valence-corrected chi connectivity index (χ2v) is 16.5. The zero-order valence-electron chi connectivity index (χ0n) is 42.1. The molecule has 0 saturated carbocycles. The van der Waals surface area contributed by atoms with Gasteiger partial charge in [0, 0.05) is 16.9 Å². The summed E-state index contributed by atoms with van der Waals surface area (Å²) in [6.45, 7) is 24.9. The molecule has 0 spiro atoms. The summed E-state index contributed by atoms with van der Waals surface area (Å²) in [6.07, 6.45) is 20.7. The summed E-state index contributed by atoms with van der Waals surface area (Å²) in [5, 5.41) is 4.92. The first-order valence-electron chi connectivity index (χ1n) is 24.7. The van der Waals surface area contributed by atoms with E-state index < -0.39 is 0 Å². The molecule has 0 saturated heterocycles. The van der Waals surface area contributed by atoms with Gasteiger partial charge in [0.2, 0.25) is 0 Å². The van der Waals surface area contributed by atoms with Crippen LogP contribution in [0.25, 0.3) is 44.7 Å². The molecule has 7 aromatic carbocycles. The third-order valence-corrected chi connectivity index (χ3v) is 12.4. The molecule has 0 aliphatic heterocycles. The van der Waals surface area contributed by atoms with Crippen molar-refractivity contribution in [2.75, 3.05) is 4.90 Å². The number of fused-ring (bicyclic) bond motifs is 2. The van der Waals surface area contributed by atoms with Crippen molar-refractivity contribution >= 4 is 50.6 Å². The van der Waals surface area contributed by atoms with Crippen LogP contribution in [0.5, 0.6) is 0 Å². The highest BCUT2D eigenvalue weighted by atomic mass is 15.1. The summed E-state index contributed by atoms with van der Waals surface area (Å²) in [5.74, 6) is 0. The van der Waals surface area contributed by atoms with Crippen LogP contribution in [-0.4, -0.2) is 0 Å². The van der Waals surface area contributed by atoms with E-state index in [1.54, 1.807) is 0 Å². The van der Waals surface area contributed by atoms with Gasteiger partial charge in [-0.25, -0.2) is 0 Å². The van der Waals surface area contributed by atoms with Gasteiger partial charge in [0.1, 0.15) is 0 Å². The lowest BCUT2D eigenvalue weighted by molar-refractivity contribution is 1.25. The third-order valence-electron chi connectivity index (χ3n) is 12.4. The zero-order chi connectivity index (χ0) is 49.1. The molecule has 7 aromatic rings. The Morgan fingerprint density at radius 3 is 1.55 bits per heavy atom. The van der Waals surface area contributed by atoms with Gasteiger partial charge >= 0.3 is 0 Å². The van der Waals surface area contributed by atoms with E-state index in [1.165, 1.54) is 71.3 Å². The highest BCUT2D eigenvalue weighted by Crippen LogP contribution is 2.41. The molecule has 69 heavy (non-hydrogen) atoms. The SMILES string of the molecule is C=C/C=C\c1c(C)cccc1N(c1ccc(/C2=c3\cccc\c3=C(/c3ccccc3)C/C=C\C=C/C2)cc1)c1ccc(-c2c(C)ccccc(C)c(/C(C=C)=C/C)c3ccccc23)cc1.CC.CC. The van der Waals surface area contributed by atoms with Gasteiger partial charge in [-0.05, 0) is 153 Å². The number of benzene rings is 6. The Kier molecular flexibility index (Phi) is 18.7. The molecule has 0 radical (unpaired) electrons. The molecule has 0 atom stereocenters. The van der Waals surface area contributed by atoms with Gasteiger partial charge in [-0.1, -0.05) is 235 Å². The van der Waals surface area contributed by atoms with Crippen molar-refractivity contribution in [1.82, 2.24) is 0 Å². The minimum Gasteiger partial charge on any atom is -0.310 e. The van der Waals surface area contributed by atoms with Crippen LogP contribution < -0.4 is 15.3 Å². The lowest BCUT2D eigenvalue weighted by atomic mass is 9.91.